The quantitative estimate of drug-likeness (QED) is 0.661. The van der Waals surface area contributed by atoms with Crippen LogP contribution in [0.25, 0.3) is 0 Å². The van der Waals surface area contributed by atoms with Crippen molar-refractivity contribution in [1.29, 1.82) is 0 Å². The van der Waals surface area contributed by atoms with Crippen LogP contribution < -0.4 is 4.18 Å². The van der Waals surface area contributed by atoms with E-state index in [-0.39, 0.29) is 5.75 Å². The van der Waals surface area contributed by atoms with E-state index < -0.39 is 10.1 Å². The van der Waals surface area contributed by atoms with E-state index in [1.165, 1.54) is 5.56 Å². The van der Waals surface area contributed by atoms with Crippen LogP contribution in [0.2, 0.25) is 0 Å². The van der Waals surface area contributed by atoms with E-state index in [1.807, 2.05) is 24.3 Å². The lowest BCUT2D eigenvalue weighted by Gasteiger charge is -2.21. The molecule has 0 saturated carbocycles. The summed E-state index contributed by atoms with van der Waals surface area (Å²) in [5.74, 6) is 0.340. The van der Waals surface area contributed by atoms with Crippen molar-refractivity contribution in [2.24, 2.45) is 0 Å². The minimum absolute atomic E-state index is 0.0191. The molecule has 0 atom stereocenters. The molecule has 0 spiro atoms. The van der Waals surface area contributed by atoms with E-state index >= 15 is 0 Å². The van der Waals surface area contributed by atoms with Crippen LogP contribution in [-0.4, -0.2) is 32.2 Å². The van der Waals surface area contributed by atoms with Gasteiger partial charge in [0.1, 0.15) is 5.75 Å². The molecule has 23 heavy (non-hydrogen) atoms. The van der Waals surface area contributed by atoms with Crippen molar-refractivity contribution in [2.75, 3.05) is 18.8 Å². The van der Waals surface area contributed by atoms with Gasteiger partial charge in [0.25, 0.3) is 0 Å². The van der Waals surface area contributed by atoms with Gasteiger partial charge in [0, 0.05) is 13.1 Å². The predicted molar refractivity (Wildman–Crippen MR) is 92.9 cm³/mol. The monoisotopic (exact) mass is 333 g/mol. The Labute approximate surface area is 138 Å². The Kier molecular flexibility index (Phi) is 6.62. The molecule has 0 amide bonds. The van der Waals surface area contributed by atoms with Gasteiger partial charge in [0.2, 0.25) is 0 Å². The molecule has 0 fully saturated rings. The van der Waals surface area contributed by atoms with Crippen LogP contribution in [0.1, 0.15) is 18.9 Å². The van der Waals surface area contributed by atoms with Crippen LogP contribution in [0.3, 0.4) is 0 Å². The lowest BCUT2D eigenvalue weighted by molar-refractivity contribution is 0.279. The minimum Gasteiger partial charge on any atom is -0.382 e. The van der Waals surface area contributed by atoms with Gasteiger partial charge in [-0.15, -0.1) is 0 Å². The number of benzene rings is 2. The number of hydrogen-bond donors (Lipinski definition) is 0. The second-order valence-corrected chi connectivity index (χ2v) is 7.11. The van der Waals surface area contributed by atoms with E-state index in [9.17, 15) is 8.42 Å². The first-order valence-electron chi connectivity index (χ1n) is 7.82. The Balaban J connectivity index is 1.92. The highest BCUT2D eigenvalue weighted by Crippen LogP contribution is 2.12. The zero-order valence-corrected chi connectivity index (χ0v) is 14.2. The van der Waals surface area contributed by atoms with E-state index in [0.29, 0.717) is 12.3 Å². The van der Waals surface area contributed by atoms with Crippen molar-refractivity contribution < 1.29 is 12.6 Å². The molecule has 0 radical (unpaired) electrons. The van der Waals surface area contributed by atoms with Crippen LogP contribution in [0, 0.1) is 0 Å². The summed E-state index contributed by atoms with van der Waals surface area (Å²) >= 11 is 0. The van der Waals surface area contributed by atoms with Gasteiger partial charge in [-0.25, -0.2) is 0 Å². The summed E-state index contributed by atoms with van der Waals surface area (Å²) in [7, 11) is -3.58. The van der Waals surface area contributed by atoms with Crippen LogP contribution in [0.4, 0.5) is 0 Å². The van der Waals surface area contributed by atoms with Gasteiger partial charge < -0.3 is 4.18 Å². The Hall–Kier alpha value is -1.85. The Morgan fingerprint density at radius 3 is 2.13 bits per heavy atom. The van der Waals surface area contributed by atoms with Gasteiger partial charge >= 0.3 is 10.1 Å². The molecule has 4 nitrogen and oxygen atoms in total. The van der Waals surface area contributed by atoms with Crippen LogP contribution in [0.5, 0.6) is 5.75 Å². The highest BCUT2D eigenvalue weighted by atomic mass is 32.2. The molecule has 0 N–H and O–H groups in total. The van der Waals surface area contributed by atoms with Crippen LogP contribution >= 0.6 is 0 Å². The fraction of sp³-hybridized carbons (Fsp3) is 0.333. The predicted octanol–water partition coefficient (Wildman–Crippen LogP) is 3.31. The molecule has 0 bridgehead atoms. The van der Waals surface area contributed by atoms with E-state index in [4.69, 9.17) is 4.18 Å². The first-order valence-corrected chi connectivity index (χ1v) is 9.40. The summed E-state index contributed by atoms with van der Waals surface area (Å²) in [5, 5.41) is 0. The van der Waals surface area contributed by atoms with Crippen molar-refractivity contribution in [2.45, 2.75) is 19.9 Å². The smallest absolute Gasteiger partial charge is 0.310 e. The zero-order chi connectivity index (χ0) is 16.5. The lowest BCUT2D eigenvalue weighted by atomic mass is 10.2. The summed E-state index contributed by atoms with van der Waals surface area (Å²) in [4.78, 5) is 2.14. The van der Waals surface area contributed by atoms with Gasteiger partial charge in [-0.2, -0.15) is 8.42 Å². The van der Waals surface area contributed by atoms with Crippen LogP contribution in [-0.2, 0) is 16.7 Å². The highest BCUT2D eigenvalue weighted by molar-refractivity contribution is 7.87. The number of nitrogens with zero attached hydrogens (tertiary/aromatic N) is 1. The summed E-state index contributed by atoms with van der Waals surface area (Å²) in [6.07, 6.45) is 0.979. The second-order valence-electron chi connectivity index (χ2n) is 5.42. The van der Waals surface area contributed by atoms with E-state index in [0.717, 1.165) is 19.5 Å². The fourth-order valence-corrected chi connectivity index (χ4v) is 3.30. The molecular weight excluding hydrogens is 310 g/mol. The maximum atomic E-state index is 12.1. The minimum atomic E-state index is -3.58. The zero-order valence-electron chi connectivity index (χ0n) is 13.4. The van der Waals surface area contributed by atoms with E-state index in [2.05, 4.69) is 24.0 Å². The fourth-order valence-electron chi connectivity index (χ4n) is 2.33. The molecule has 0 saturated heterocycles. The molecule has 0 aliphatic heterocycles. The van der Waals surface area contributed by atoms with Crippen molar-refractivity contribution >= 4 is 10.1 Å². The molecule has 2 aromatic carbocycles. The molecule has 0 heterocycles. The second kappa shape index (κ2) is 8.70. The number of para-hydroxylation sites is 1. The molecule has 2 aromatic rings. The SMILES string of the molecule is CCCN(CCS(=O)(=O)Oc1ccccc1)Cc1ccccc1. The standard InChI is InChI=1S/C18H23NO3S/c1-2-13-19(16-17-9-5-3-6-10-17)14-15-23(20,21)22-18-11-7-4-8-12-18/h3-12H,2,13-16H2,1H3. The summed E-state index contributed by atoms with van der Waals surface area (Å²) in [6, 6.07) is 18.7. The molecule has 124 valence electrons. The van der Waals surface area contributed by atoms with E-state index in [1.54, 1.807) is 24.3 Å². The Morgan fingerprint density at radius 1 is 0.913 bits per heavy atom. The van der Waals surface area contributed by atoms with Gasteiger partial charge in [0.05, 0.1) is 5.75 Å². The third-order valence-corrected chi connectivity index (χ3v) is 4.54. The van der Waals surface area contributed by atoms with Crippen molar-refractivity contribution in [1.82, 2.24) is 4.90 Å². The third kappa shape index (κ3) is 6.42. The van der Waals surface area contributed by atoms with Gasteiger partial charge in [-0.1, -0.05) is 55.5 Å². The van der Waals surface area contributed by atoms with Gasteiger partial charge in [-0.3, -0.25) is 4.90 Å². The third-order valence-electron chi connectivity index (χ3n) is 3.41. The van der Waals surface area contributed by atoms with Crippen molar-refractivity contribution in [3.63, 3.8) is 0 Å². The molecular formula is C18H23NO3S. The normalized spacial score (nSPS) is 11.6. The molecule has 0 unspecified atom stereocenters. The molecule has 5 heteroatoms. The molecule has 0 aromatic heterocycles. The first-order chi connectivity index (χ1) is 11.1. The Morgan fingerprint density at radius 2 is 1.52 bits per heavy atom. The maximum absolute atomic E-state index is 12.1. The summed E-state index contributed by atoms with van der Waals surface area (Å²) < 4.78 is 29.4. The number of hydrogen-bond acceptors (Lipinski definition) is 4. The largest absolute Gasteiger partial charge is 0.382 e. The van der Waals surface area contributed by atoms with Crippen molar-refractivity contribution in [3.05, 3.63) is 66.2 Å². The average Bonchev–Trinajstić information content (AvgIpc) is 2.54. The molecule has 2 rings (SSSR count). The molecule has 0 aliphatic carbocycles. The Bertz CT molecular complexity index is 672. The number of rotatable bonds is 9. The summed E-state index contributed by atoms with van der Waals surface area (Å²) in [5.41, 5.74) is 1.18. The maximum Gasteiger partial charge on any atom is 0.310 e. The lowest BCUT2D eigenvalue weighted by Crippen LogP contribution is -2.31. The highest BCUT2D eigenvalue weighted by Gasteiger charge is 2.15. The first kappa shape index (κ1) is 17.5. The summed E-state index contributed by atoms with van der Waals surface area (Å²) in [6.45, 7) is 4.15. The topological polar surface area (TPSA) is 46.6 Å². The average molecular weight is 333 g/mol. The van der Waals surface area contributed by atoms with Crippen LogP contribution in [0.15, 0.2) is 60.7 Å². The van der Waals surface area contributed by atoms with Gasteiger partial charge in [0.15, 0.2) is 0 Å². The van der Waals surface area contributed by atoms with Crippen molar-refractivity contribution in [3.8, 4) is 5.75 Å². The van der Waals surface area contributed by atoms with Gasteiger partial charge in [-0.05, 0) is 30.7 Å². The molecule has 0 aliphatic rings.